The first-order valence-corrected chi connectivity index (χ1v) is 7.45. The molecule has 7 heteroatoms. The highest BCUT2D eigenvalue weighted by Gasteiger charge is 2.24. The summed E-state index contributed by atoms with van der Waals surface area (Å²) >= 11 is 0. The second-order valence-electron chi connectivity index (χ2n) is 5.59. The molecule has 1 fully saturated rings. The average molecular weight is 338 g/mol. The Morgan fingerprint density at radius 2 is 1.83 bits per heavy atom. The van der Waals surface area contributed by atoms with E-state index >= 15 is 0 Å². The quantitative estimate of drug-likeness (QED) is 0.368. The zero-order chi connectivity index (χ0) is 18.3. The number of aliphatic carboxylic acids is 1. The smallest absolute Gasteiger partial charge is 0.333 e. The summed E-state index contributed by atoms with van der Waals surface area (Å²) in [5.74, 6) is -2.47. The van der Waals surface area contributed by atoms with Gasteiger partial charge in [0.05, 0.1) is 12.7 Å². The van der Waals surface area contributed by atoms with Crippen LogP contribution in [0, 0.1) is 0 Å². The van der Waals surface area contributed by atoms with Crippen LogP contribution < -0.4 is 0 Å². The molecule has 1 aliphatic rings. The number of carbonyl (C=O) groups excluding carboxylic acids is 2. The topological polar surface area (TPSA) is 102 Å². The molecule has 1 rings (SSSR count). The fourth-order valence-electron chi connectivity index (χ4n) is 1.67. The van der Waals surface area contributed by atoms with E-state index in [9.17, 15) is 19.5 Å². The van der Waals surface area contributed by atoms with Crippen molar-refractivity contribution < 1.29 is 33.7 Å². The van der Waals surface area contributed by atoms with E-state index in [-0.39, 0.29) is 35.9 Å². The molecule has 0 radical (unpaired) electrons. The van der Waals surface area contributed by atoms with Crippen molar-refractivity contribution >= 4 is 17.9 Å². The molecule has 0 bridgehead atoms. The van der Waals surface area contributed by atoms with E-state index in [1.807, 2.05) is 0 Å². The van der Waals surface area contributed by atoms with Gasteiger partial charge < -0.3 is 19.3 Å². The third kappa shape index (κ3) is 7.23. The van der Waals surface area contributed by atoms with Crippen LogP contribution in [0.4, 0.5) is 0 Å². The Labute approximate surface area is 140 Å². The highest BCUT2D eigenvalue weighted by atomic mass is 16.6. The first-order chi connectivity index (χ1) is 11.2. The van der Waals surface area contributed by atoms with Gasteiger partial charge in [0.15, 0.2) is 6.10 Å². The van der Waals surface area contributed by atoms with Crippen LogP contribution in [0.15, 0.2) is 36.0 Å². The van der Waals surface area contributed by atoms with Gasteiger partial charge in [0, 0.05) is 16.7 Å². The second kappa shape index (κ2) is 9.02. The Morgan fingerprint density at radius 1 is 1.25 bits per heavy atom. The number of epoxide rings is 1. The first-order valence-electron chi connectivity index (χ1n) is 7.45. The number of ether oxygens (including phenoxy) is 3. The summed E-state index contributed by atoms with van der Waals surface area (Å²) in [6.45, 7) is 10.2. The highest BCUT2D eigenvalue weighted by Crippen LogP contribution is 2.20. The van der Waals surface area contributed by atoms with Crippen LogP contribution in [0.5, 0.6) is 0 Å². The van der Waals surface area contributed by atoms with Crippen LogP contribution in [-0.4, -0.2) is 48.4 Å². The molecule has 0 amide bonds. The molecule has 2 unspecified atom stereocenters. The van der Waals surface area contributed by atoms with Crippen molar-refractivity contribution in [3.63, 3.8) is 0 Å². The van der Waals surface area contributed by atoms with Crippen molar-refractivity contribution in [2.75, 3.05) is 13.2 Å². The molecular formula is C17H22O7. The van der Waals surface area contributed by atoms with E-state index in [0.717, 1.165) is 0 Å². The summed E-state index contributed by atoms with van der Waals surface area (Å²) in [7, 11) is 0. The molecule has 0 saturated carbocycles. The van der Waals surface area contributed by atoms with Crippen molar-refractivity contribution in [1.29, 1.82) is 0 Å². The van der Waals surface area contributed by atoms with Crippen LogP contribution in [0.1, 0.15) is 26.7 Å². The van der Waals surface area contributed by atoms with Gasteiger partial charge >= 0.3 is 17.9 Å². The molecule has 1 N–H and O–H groups in total. The van der Waals surface area contributed by atoms with Crippen LogP contribution in [0.3, 0.4) is 0 Å². The molecule has 0 aromatic heterocycles. The van der Waals surface area contributed by atoms with Gasteiger partial charge in [-0.2, -0.15) is 0 Å². The van der Waals surface area contributed by atoms with Crippen molar-refractivity contribution in [2.24, 2.45) is 0 Å². The lowest BCUT2D eigenvalue weighted by Gasteiger charge is -2.16. The maximum absolute atomic E-state index is 11.7. The van der Waals surface area contributed by atoms with Crippen LogP contribution in [0.2, 0.25) is 0 Å². The largest absolute Gasteiger partial charge is 0.478 e. The number of carboxylic acid groups (broad SMARTS) is 1. The van der Waals surface area contributed by atoms with E-state index in [4.69, 9.17) is 14.2 Å². The average Bonchev–Trinajstić information content (AvgIpc) is 3.31. The maximum Gasteiger partial charge on any atom is 0.333 e. The molecule has 1 aliphatic heterocycles. The predicted octanol–water partition coefficient (Wildman–Crippen LogP) is 1.78. The molecule has 0 aromatic carbocycles. The van der Waals surface area contributed by atoms with Crippen LogP contribution in [-0.2, 0) is 28.6 Å². The Morgan fingerprint density at radius 3 is 2.29 bits per heavy atom. The number of hydrogen-bond donors (Lipinski definition) is 1. The van der Waals surface area contributed by atoms with Crippen molar-refractivity contribution in [3.8, 4) is 0 Å². The SMILES string of the molecule is C=C(C)C(=O)OCC(C=C(CCC1CO1)C(=O)O)OC(=O)C(=C)C. The normalized spacial score (nSPS) is 17.6. The van der Waals surface area contributed by atoms with E-state index in [1.54, 1.807) is 0 Å². The molecule has 0 aromatic rings. The summed E-state index contributed by atoms with van der Waals surface area (Å²) < 4.78 is 15.1. The zero-order valence-electron chi connectivity index (χ0n) is 13.9. The van der Waals surface area contributed by atoms with Crippen LogP contribution >= 0.6 is 0 Å². The first kappa shape index (κ1) is 19.6. The number of hydrogen-bond acceptors (Lipinski definition) is 6. The molecule has 0 aliphatic carbocycles. The zero-order valence-corrected chi connectivity index (χ0v) is 13.9. The number of rotatable bonds is 10. The van der Waals surface area contributed by atoms with Crippen molar-refractivity contribution in [3.05, 3.63) is 36.0 Å². The Hall–Kier alpha value is -2.41. The van der Waals surface area contributed by atoms with Gasteiger partial charge in [-0.05, 0) is 32.8 Å². The van der Waals surface area contributed by atoms with Gasteiger partial charge in [0.1, 0.15) is 6.61 Å². The van der Waals surface area contributed by atoms with E-state index < -0.39 is 24.0 Å². The predicted molar refractivity (Wildman–Crippen MR) is 85.2 cm³/mol. The third-order valence-electron chi connectivity index (χ3n) is 3.13. The summed E-state index contributed by atoms with van der Waals surface area (Å²) in [4.78, 5) is 34.5. The third-order valence-corrected chi connectivity index (χ3v) is 3.13. The maximum atomic E-state index is 11.7. The lowest BCUT2D eigenvalue weighted by Crippen LogP contribution is -2.25. The Bertz CT molecular complexity index is 569. The van der Waals surface area contributed by atoms with Crippen molar-refractivity contribution in [2.45, 2.75) is 38.9 Å². The number of esters is 2. The molecule has 24 heavy (non-hydrogen) atoms. The summed E-state index contributed by atoms with van der Waals surface area (Å²) in [6, 6.07) is 0. The van der Waals surface area contributed by atoms with Gasteiger partial charge in [0.2, 0.25) is 0 Å². The van der Waals surface area contributed by atoms with Crippen molar-refractivity contribution in [1.82, 2.24) is 0 Å². The van der Waals surface area contributed by atoms with Gasteiger partial charge in [-0.1, -0.05) is 13.2 Å². The molecule has 0 spiro atoms. The molecular weight excluding hydrogens is 316 g/mol. The van der Waals surface area contributed by atoms with Gasteiger partial charge in [0.25, 0.3) is 0 Å². The van der Waals surface area contributed by atoms with Crippen LogP contribution in [0.25, 0.3) is 0 Å². The lowest BCUT2D eigenvalue weighted by molar-refractivity contribution is -0.151. The molecule has 1 heterocycles. The minimum absolute atomic E-state index is 0.0661. The second-order valence-corrected chi connectivity index (χ2v) is 5.59. The lowest BCUT2D eigenvalue weighted by atomic mass is 10.1. The monoisotopic (exact) mass is 338 g/mol. The highest BCUT2D eigenvalue weighted by molar-refractivity contribution is 5.89. The standard InChI is InChI=1S/C17H22O7/c1-10(2)16(20)23-9-14(24-17(21)11(3)4)7-12(15(18)19)5-6-13-8-22-13/h7,13-14H,1,3,5-6,8-9H2,2,4H3,(H,18,19). The number of carbonyl (C=O) groups is 3. The minimum atomic E-state index is -1.13. The summed E-state index contributed by atoms with van der Waals surface area (Å²) in [6.07, 6.45) is 1.15. The molecule has 7 nitrogen and oxygen atoms in total. The fraction of sp³-hybridized carbons (Fsp3) is 0.471. The Kier molecular flexibility index (Phi) is 7.38. The fourth-order valence-corrected chi connectivity index (χ4v) is 1.67. The summed E-state index contributed by atoms with van der Waals surface area (Å²) in [5.41, 5.74) is 0.410. The van der Waals surface area contributed by atoms with E-state index in [1.165, 1.54) is 19.9 Å². The molecule has 1 saturated heterocycles. The van der Waals surface area contributed by atoms with E-state index in [0.29, 0.717) is 13.0 Å². The van der Waals surface area contributed by atoms with Gasteiger partial charge in [-0.25, -0.2) is 14.4 Å². The van der Waals surface area contributed by atoms with E-state index in [2.05, 4.69) is 13.2 Å². The molecule has 2 atom stereocenters. The summed E-state index contributed by atoms with van der Waals surface area (Å²) in [5, 5.41) is 9.28. The Balaban J connectivity index is 2.81. The van der Waals surface area contributed by atoms with Gasteiger partial charge in [-0.15, -0.1) is 0 Å². The number of carboxylic acids is 1. The minimum Gasteiger partial charge on any atom is -0.478 e. The van der Waals surface area contributed by atoms with Gasteiger partial charge in [-0.3, -0.25) is 0 Å². The molecule has 132 valence electrons.